The van der Waals surface area contributed by atoms with E-state index in [1.54, 1.807) is 29.3 Å². The van der Waals surface area contributed by atoms with Gasteiger partial charge in [0, 0.05) is 99.1 Å². The molecule has 18 nitrogen and oxygen atoms in total. The number of nitrogens with one attached hydrogen (secondary N) is 2. The molecule has 18 heteroatoms. The minimum absolute atomic E-state index is 0.0844. The quantitative estimate of drug-likeness (QED) is 0.176. The van der Waals surface area contributed by atoms with E-state index in [4.69, 9.17) is 4.98 Å². The van der Waals surface area contributed by atoms with Gasteiger partial charge in [0.25, 0.3) is 17.7 Å². The van der Waals surface area contributed by atoms with E-state index in [-0.39, 0.29) is 42.4 Å². The first-order chi connectivity index (χ1) is 32.8. The molecule has 350 valence electrons. The van der Waals surface area contributed by atoms with Crippen molar-refractivity contribution in [2.45, 2.75) is 90.6 Å². The molecule has 5 aliphatic heterocycles. The van der Waals surface area contributed by atoms with E-state index < -0.39 is 29.7 Å². The third-order valence-electron chi connectivity index (χ3n) is 14.8. The second kappa shape index (κ2) is 16.9. The van der Waals surface area contributed by atoms with Gasteiger partial charge in [0.05, 0.1) is 35.3 Å². The lowest BCUT2D eigenvalue weighted by molar-refractivity contribution is -0.136. The number of pyridine rings is 2. The standard InChI is InChI=1S/C50H54N12O6/c1-29-26-58(31-11-14-57(15-12-31)32-4-6-35-36(21-32)48(67)62(47(35)66)39-7-9-44(64)56-46(39)65)16-17-59(29)33-5-8-42(52-25-33)55-43-22-38(53-28-54-43)34-10-13-51-45(37(34)27-63)61-19-18-60-40(49(61)68)20-30-23-50(2,3)24-41(30)60/h4-6,8,10,13,20-22,25,28-29,31,39,63H,7,9,11-12,14-19,23-24,26-27H2,1-3H3,(H,56,64,65)(H,52,53,54,55)/t29-,39?/m0/s1. The Morgan fingerprint density at radius 1 is 0.779 bits per heavy atom. The lowest BCUT2D eigenvalue weighted by atomic mass is 9.90. The lowest BCUT2D eigenvalue weighted by Crippen LogP contribution is -2.57. The van der Waals surface area contributed by atoms with Crippen molar-refractivity contribution < 1.29 is 29.1 Å². The average Bonchev–Trinajstić information content (AvgIpc) is 3.92. The van der Waals surface area contributed by atoms with E-state index >= 15 is 0 Å². The van der Waals surface area contributed by atoms with E-state index in [2.05, 4.69) is 71.7 Å². The van der Waals surface area contributed by atoms with Crippen molar-refractivity contribution >= 4 is 58.4 Å². The number of nitrogens with zero attached hydrogens (tertiary/aromatic N) is 10. The molecule has 3 N–H and O–H groups in total. The van der Waals surface area contributed by atoms with E-state index in [9.17, 15) is 29.1 Å². The van der Waals surface area contributed by atoms with Crippen LogP contribution < -0.4 is 25.3 Å². The highest BCUT2D eigenvalue weighted by molar-refractivity contribution is 6.23. The molecule has 11 rings (SSSR count). The van der Waals surface area contributed by atoms with Crippen LogP contribution >= 0.6 is 0 Å². The number of benzene rings is 1. The predicted molar refractivity (Wildman–Crippen MR) is 253 cm³/mol. The Kier molecular flexibility index (Phi) is 10.8. The van der Waals surface area contributed by atoms with Gasteiger partial charge in [-0.15, -0.1) is 0 Å². The van der Waals surface area contributed by atoms with E-state index in [0.29, 0.717) is 64.7 Å². The van der Waals surface area contributed by atoms with Gasteiger partial charge in [-0.3, -0.25) is 44.0 Å². The van der Waals surface area contributed by atoms with Crippen LogP contribution in [0.5, 0.6) is 0 Å². The minimum Gasteiger partial charge on any atom is -0.392 e. The summed E-state index contributed by atoms with van der Waals surface area (Å²) in [5.74, 6) is -0.521. The number of rotatable bonds is 9. The van der Waals surface area contributed by atoms with Crippen LogP contribution in [0, 0.1) is 5.41 Å². The van der Waals surface area contributed by atoms with Crippen LogP contribution in [0.2, 0.25) is 0 Å². The maximum atomic E-state index is 13.9. The van der Waals surface area contributed by atoms with Gasteiger partial charge in [-0.05, 0) is 92.5 Å². The van der Waals surface area contributed by atoms with Crippen LogP contribution in [0.3, 0.4) is 0 Å². The number of piperazine rings is 1. The summed E-state index contributed by atoms with van der Waals surface area (Å²) in [6.45, 7) is 11.9. The zero-order valence-corrected chi connectivity index (χ0v) is 38.4. The van der Waals surface area contributed by atoms with Gasteiger partial charge in [-0.25, -0.2) is 19.9 Å². The third-order valence-corrected chi connectivity index (χ3v) is 14.8. The molecule has 3 saturated heterocycles. The highest BCUT2D eigenvalue weighted by atomic mass is 16.3. The van der Waals surface area contributed by atoms with Crippen molar-refractivity contribution in [2.75, 3.05) is 59.3 Å². The van der Waals surface area contributed by atoms with Crippen LogP contribution in [0.1, 0.15) is 94.5 Å². The maximum absolute atomic E-state index is 13.9. The van der Waals surface area contributed by atoms with Crippen LogP contribution in [0.25, 0.3) is 11.3 Å². The van der Waals surface area contributed by atoms with Crippen molar-refractivity contribution in [3.63, 3.8) is 0 Å². The molecule has 1 unspecified atom stereocenters. The van der Waals surface area contributed by atoms with E-state index in [1.807, 2.05) is 30.5 Å². The summed E-state index contributed by atoms with van der Waals surface area (Å²) in [7, 11) is 0. The zero-order chi connectivity index (χ0) is 47.0. The summed E-state index contributed by atoms with van der Waals surface area (Å²) in [6, 6.07) is 14.7. The number of hydrogen-bond acceptors (Lipinski definition) is 14. The number of imide groups is 2. The number of aliphatic hydroxyl groups is 1. The molecule has 0 radical (unpaired) electrons. The summed E-state index contributed by atoms with van der Waals surface area (Å²) < 4.78 is 2.17. The SMILES string of the molecule is C[C@H]1CN(C2CCN(c3ccc4c(c3)C(=O)N(C3CCC(=O)NC3=O)C4=O)CC2)CCN1c1ccc(Nc2cc(-c3ccnc(N4CCn5c(cc6c5CC(C)(C)C6)C4=O)c3CO)ncn2)nc1. The van der Waals surface area contributed by atoms with Crippen molar-refractivity contribution in [1.29, 1.82) is 0 Å². The molecule has 5 amide bonds. The molecule has 0 bridgehead atoms. The summed E-state index contributed by atoms with van der Waals surface area (Å²) in [4.78, 5) is 93.1. The molecule has 1 aliphatic carbocycles. The topological polar surface area (TPSA) is 202 Å². The Morgan fingerprint density at radius 2 is 1.59 bits per heavy atom. The van der Waals surface area contributed by atoms with Gasteiger partial charge in [-0.1, -0.05) is 13.8 Å². The number of amides is 5. The second-order valence-electron chi connectivity index (χ2n) is 19.7. The number of hydrogen-bond donors (Lipinski definition) is 3. The summed E-state index contributed by atoms with van der Waals surface area (Å²) in [5, 5.41) is 16.3. The first kappa shape index (κ1) is 43.5. The van der Waals surface area contributed by atoms with Gasteiger partial charge in [-0.2, -0.15) is 0 Å². The molecule has 4 aromatic heterocycles. The minimum atomic E-state index is -0.985. The van der Waals surface area contributed by atoms with Gasteiger partial charge >= 0.3 is 0 Å². The van der Waals surface area contributed by atoms with Crippen LogP contribution in [0.4, 0.5) is 28.8 Å². The largest absolute Gasteiger partial charge is 0.392 e. The Balaban J connectivity index is 0.697. The molecule has 9 heterocycles. The van der Waals surface area contributed by atoms with Gasteiger partial charge in [0.1, 0.15) is 35.5 Å². The van der Waals surface area contributed by atoms with Crippen molar-refractivity contribution in [2.24, 2.45) is 5.41 Å². The smallest absolute Gasteiger partial charge is 0.276 e. The molecule has 68 heavy (non-hydrogen) atoms. The fourth-order valence-electron chi connectivity index (χ4n) is 11.4. The van der Waals surface area contributed by atoms with E-state index in [1.165, 1.54) is 17.6 Å². The van der Waals surface area contributed by atoms with Gasteiger partial charge < -0.3 is 24.8 Å². The average molecular weight is 919 g/mol. The molecule has 5 aromatic rings. The summed E-state index contributed by atoms with van der Waals surface area (Å²) in [6.07, 6.45) is 9.05. The number of piperidine rings is 2. The summed E-state index contributed by atoms with van der Waals surface area (Å²) >= 11 is 0. The molecule has 0 saturated carbocycles. The lowest BCUT2D eigenvalue weighted by Gasteiger charge is -2.46. The molecule has 1 aromatic carbocycles. The Hall–Kier alpha value is -7.05. The fraction of sp³-hybridized carbons (Fsp3) is 0.420. The number of anilines is 5. The second-order valence-corrected chi connectivity index (χ2v) is 19.7. The Bertz CT molecular complexity index is 2890. The normalized spacial score (nSPS) is 21.9. The summed E-state index contributed by atoms with van der Waals surface area (Å²) in [5.41, 5.74) is 7.64. The van der Waals surface area contributed by atoms with E-state index in [0.717, 1.165) is 74.7 Å². The molecule has 3 fully saturated rings. The maximum Gasteiger partial charge on any atom is 0.276 e. The van der Waals surface area contributed by atoms with Gasteiger partial charge in [0.2, 0.25) is 11.8 Å². The van der Waals surface area contributed by atoms with Crippen molar-refractivity contribution in [1.82, 2.24) is 39.6 Å². The number of carbonyl (C=O) groups is 5. The highest BCUT2D eigenvalue weighted by Gasteiger charge is 2.45. The first-order valence-electron chi connectivity index (χ1n) is 23.6. The Morgan fingerprint density at radius 3 is 2.35 bits per heavy atom. The van der Waals surface area contributed by atoms with Crippen molar-refractivity contribution in [3.05, 3.63) is 101 Å². The van der Waals surface area contributed by atoms with Crippen molar-refractivity contribution in [3.8, 4) is 11.3 Å². The number of aromatic nitrogens is 5. The molecular formula is C50H54N12O6. The first-order valence-corrected chi connectivity index (χ1v) is 23.6. The molecule has 0 spiro atoms. The fourth-order valence-corrected chi connectivity index (χ4v) is 11.4. The van der Waals surface area contributed by atoms with Crippen LogP contribution in [0.15, 0.2) is 67.3 Å². The number of aliphatic hydroxyl groups excluding tert-OH is 1. The predicted octanol–water partition coefficient (Wildman–Crippen LogP) is 4.34. The molecule has 2 atom stereocenters. The Labute approximate surface area is 393 Å². The van der Waals surface area contributed by atoms with Crippen LogP contribution in [-0.4, -0.2) is 126 Å². The van der Waals surface area contributed by atoms with Gasteiger partial charge in [0.15, 0.2) is 0 Å². The number of fused-ring (bicyclic) bond motifs is 4. The molecular weight excluding hydrogens is 865 g/mol. The molecule has 6 aliphatic rings. The number of carbonyl (C=O) groups excluding carboxylic acids is 5. The highest BCUT2D eigenvalue weighted by Crippen LogP contribution is 2.40. The zero-order valence-electron chi connectivity index (χ0n) is 38.4. The van der Waals surface area contributed by atoms with Crippen LogP contribution in [-0.2, 0) is 35.6 Å². The monoisotopic (exact) mass is 918 g/mol. The third kappa shape index (κ3) is 7.64.